The van der Waals surface area contributed by atoms with E-state index in [-0.39, 0.29) is 6.61 Å². The summed E-state index contributed by atoms with van der Waals surface area (Å²) in [7, 11) is 1.53. The molecule has 0 fully saturated rings. The molecule has 0 N–H and O–H groups in total. The Kier molecular flexibility index (Phi) is 4.23. The lowest BCUT2D eigenvalue weighted by molar-refractivity contribution is 0.0466. The number of pyridine rings is 1. The number of esters is 1. The second-order valence-corrected chi connectivity index (χ2v) is 5.90. The van der Waals surface area contributed by atoms with E-state index < -0.39 is 5.97 Å². The molecule has 0 saturated heterocycles. The lowest BCUT2D eigenvalue weighted by atomic mass is 10.0. The van der Waals surface area contributed by atoms with E-state index in [4.69, 9.17) is 14.5 Å². The fraction of sp³-hybridized carbons (Fsp3) is 0.0909. The lowest BCUT2D eigenvalue weighted by Crippen LogP contribution is -2.08. The van der Waals surface area contributed by atoms with Crippen molar-refractivity contribution in [3.05, 3.63) is 84.1 Å². The summed E-state index contributed by atoms with van der Waals surface area (Å²) in [6.07, 6.45) is 0. The molecule has 0 saturated carbocycles. The third-order valence-electron chi connectivity index (χ3n) is 4.35. The number of hydrogen-bond acceptors (Lipinski definition) is 4. The predicted molar refractivity (Wildman–Crippen MR) is 101 cm³/mol. The van der Waals surface area contributed by atoms with Gasteiger partial charge in [-0.1, -0.05) is 54.6 Å². The zero-order valence-corrected chi connectivity index (χ0v) is 14.3. The highest BCUT2D eigenvalue weighted by Gasteiger charge is 2.15. The number of carbonyl (C=O) groups is 1. The van der Waals surface area contributed by atoms with Gasteiger partial charge in [-0.05, 0) is 23.6 Å². The topological polar surface area (TPSA) is 48.4 Å². The van der Waals surface area contributed by atoms with Crippen LogP contribution in [0.15, 0.2) is 72.8 Å². The highest BCUT2D eigenvalue weighted by atomic mass is 16.5. The molecule has 0 atom stereocenters. The minimum absolute atomic E-state index is 0.0994. The molecule has 26 heavy (non-hydrogen) atoms. The molecule has 0 aliphatic carbocycles. The number of methoxy groups -OCH3 is 1. The van der Waals surface area contributed by atoms with E-state index in [1.165, 1.54) is 7.11 Å². The quantitative estimate of drug-likeness (QED) is 0.396. The molecule has 1 heterocycles. The molecule has 4 rings (SSSR count). The Bertz CT molecular complexity index is 1100. The maximum absolute atomic E-state index is 12.5. The molecule has 1 aromatic heterocycles. The minimum atomic E-state index is -0.429. The first-order valence-corrected chi connectivity index (χ1v) is 8.34. The van der Waals surface area contributed by atoms with Crippen LogP contribution in [0.3, 0.4) is 0 Å². The van der Waals surface area contributed by atoms with Crippen molar-refractivity contribution in [2.75, 3.05) is 7.11 Å². The predicted octanol–water partition coefficient (Wildman–Crippen LogP) is 4.75. The number of para-hydroxylation sites is 2. The summed E-state index contributed by atoms with van der Waals surface area (Å²) in [6.45, 7) is 0.0994. The van der Waals surface area contributed by atoms with Gasteiger partial charge in [-0.15, -0.1) is 0 Å². The van der Waals surface area contributed by atoms with Gasteiger partial charge < -0.3 is 9.47 Å². The van der Waals surface area contributed by atoms with Crippen LogP contribution >= 0.6 is 0 Å². The molecule has 0 aliphatic rings. The molecule has 0 spiro atoms. The summed E-state index contributed by atoms with van der Waals surface area (Å²) in [4.78, 5) is 17.2. The minimum Gasteiger partial charge on any atom is -0.496 e. The lowest BCUT2D eigenvalue weighted by Gasteiger charge is -2.11. The molecule has 4 aromatic rings. The average molecular weight is 343 g/mol. The Balaban J connectivity index is 1.70. The largest absolute Gasteiger partial charge is 0.496 e. The van der Waals surface area contributed by atoms with E-state index in [2.05, 4.69) is 12.1 Å². The summed E-state index contributed by atoms with van der Waals surface area (Å²) in [6, 6.07) is 23.0. The molecular formula is C22H17NO3. The van der Waals surface area contributed by atoms with Crippen molar-refractivity contribution in [2.45, 2.75) is 6.61 Å². The molecule has 0 unspecified atom stereocenters. The van der Waals surface area contributed by atoms with E-state index in [9.17, 15) is 4.79 Å². The first-order chi connectivity index (χ1) is 12.8. The van der Waals surface area contributed by atoms with Crippen LogP contribution < -0.4 is 4.74 Å². The van der Waals surface area contributed by atoms with Crippen LogP contribution in [0.2, 0.25) is 0 Å². The summed E-state index contributed by atoms with van der Waals surface area (Å²) in [5.74, 6) is 0.0651. The van der Waals surface area contributed by atoms with E-state index in [1.54, 1.807) is 18.2 Å². The Labute approximate surface area is 151 Å². The van der Waals surface area contributed by atoms with Gasteiger partial charge in [0.2, 0.25) is 0 Å². The molecule has 0 amide bonds. The smallest absolute Gasteiger partial charge is 0.342 e. The normalized spacial score (nSPS) is 10.8. The number of aromatic nitrogens is 1. The average Bonchev–Trinajstić information content (AvgIpc) is 2.71. The molecular weight excluding hydrogens is 326 g/mol. The molecule has 0 aliphatic heterocycles. The zero-order chi connectivity index (χ0) is 17.9. The number of fused-ring (bicyclic) bond motifs is 3. The van der Waals surface area contributed by atoms with Crippen molar-refractivity contribution < 1.29 is 14.3 Å². The van der Waals surface area contributed by atoms with Crippen LogP contribution in [-0.2, 0) is 11.3 Å². The Hall–Kier alpha value is -3.40. The molecule has 4 heteroatoms. The van der Waals surface area contributed by atoms with Crippen LogP contribution in [0, 0.1) is 0 Å². The first-order valence-electron chi connectivity index (χ1n) is 8.34. The van der Waals surface area contributed by atoms with Gasteiger partial charge in [-0.2, -0.15) is 0 Å². The Morgan fingerprint density at radius 2 is 1.50 bits per heavy atom. The maximum Gasteiger partial charge on any atom is 0.342 e. The van der Waals surface area contributed by atoms with Gasteiger partial charge in [0.15, 0.2) is 0 Å². The first kappa shape index (κ1) is 16.1. The fourth-order valence-electron chi connectivity index (χ4n) is 3.11. The molecule has 0 bridgehead atoms. The Morgan fingerprint density at radius 1 is 0.846 bits per heavy atom. The van der Waals surface area contributed by atoms with Crippen molar-refractivity contribution in [3.63, 3.8) is 0 Å². The van der Waals surface area contributed by atoms with Gasteiger partial charge in [0.25, 0.3) is 0 Å². The summed E-state index contributed by atoms with van der Waals surface area (Å²) in [5, 5.41) is 3.17. The highest BCUT2D eigenvalue weighted by Crippen LogP contribution is 2.27. The third kappa shape index (κ3) is 2.86. The second-order valence-electron chi connectivity index (χ2n) is 5.90. The number of hydrogen-bond donors (Lipinski definition) is 0. The van der Waals surface area contributed by atoms with Crippen molar-refractivity contribution in [2.24, 2.45) is 0 Å². The molecule has 4 nitrogen and oxygen atoms in total. The van der Waals surface area contributed by atoms with Gasteiger partial charge in [0.1, 0.15) is 17.9 Å². The third-order valence-corrected chi connectivity index (χ3v) is 4.35. The van der Waals surface area contributed by atoms with Gasteiger partial charge >= 0.3 is 5.97 Å². The fourth-order valence-corrected chi connectivity index (χ4v) is 3.11. The second kappa shape index (κ2) is 6.84. The van der Waals surface area contributed by atoms with Crippen molar-refractivity contribution in [1.82, 2.24) is 4.98 Å². The van der Waals surface area contributed by atoms with Crippen LogP contribution in [-0.4, -0.2) is 18.1 Å². The number of nitrogens with zero attached hydrogens (tertiary/aromatic N) is 1. The molecule has 3 aromatic carbocycles. The van der Waals surface area contributed by atoms with Crippen LogP contribution in [0.25, 0.3) is 21.7 Å². The zero-order valence-electron chi connectivity index (χ0n) is 14.3. The van der Waals surface area contributed by atoms with Gasteiger partial charge in [0, 0.05) is 10.8 Å². The van der Waals surface area contributed by atoms with E-state index in [0.29, 0.717) is 11.3 Å². The van der Waals surface area contributed by atoms with Crippen LogP contribution in [0.1, 0.15) is 16.1 Å². The van der Waals surface area contributed by atoms with E-state index in [0.717, 1.165) is 27.4 Å². The number of carbonyl (C=O) groups excluding carboxylic acids is 1. The van der Waals surface area contributed by atoms with Gasteiger partial charge in [-0.25, -0.2) is 9.78 Å². The maximum atomic E-state index is 12.5. The summed E-state index contributed by atoms with van der Waals surface area (Å²) in [5.41, 5.74) is 2.03. The highest BCUT2D eigenvalue weighted by molar-refractivity contribution is 6.06. The number of benzene rings is 3. The SMILES string of the molecule is COc1ccccc1C(=O)OCc1nc2ccccc2c2ccccc12. The molecule has 0 radical (unpaired) electrons. The van der Waals surface area contributed by atoms with Crippen LogP contribution in [0.5, 0.6) is 5.75 Å². The van der Waals surface area contributed by atoms with Crippen molar-refractivity contribution in [3.8, 4) is 5.75 Å². The Morgan fingerprint density at radius 3 is 2.31 bits per heavy atom. The van der Waals surface area contributed by atoms with E-state index >= 15 is 0 Å². The number of ether oxygens (including phenoxy) is 2. The van der Waals surface area contributed by atoms with Crippen molar-refractivity contribution >= 4 is 27.6 Å². The number of rotatable bonds is 4. The monoisotopic (exact) mass is 343 g/mol. The van der Waals surface area contributed by atoms with Crippen molar-refractivity contribution in [1.29, 1.82) is 0 Å². The van der Waals surface area contributed by atoms with Gasteiger partial charge in [0.05, 0.1) is 18.3 Å². The summed E-state index contributed by atoms with van der Waals surface area (Å²) >= 11 is 0. The standard InChI is InChI=1S/C22H17NO3/c1-25-21-13-7-5-11-18(21)22(24)26-14-20-17-10-3-2-8-15(17)16-9-4-6-12-19(16)23-20/h2-13H,14H2,1H3. The summed E-state index contributed by atoms with van der Waals surface area (Å²) < 4.78 is 10.8. The van der Waals surface area contributed by atoms with Gasteiger partial charge in [-0.3, -0.25) is 0 Å². The van der Waals surface area contributed by atoms with E-state index in [1.807, 2.05) is 42.5 Å². The molecule has 128 valence electrons. The van der Waals surface area contributed by atoms with Crippen LogP contribution in [0.4, 0.5) is 0 Å².